The SMILES string of the molecule is OCc1cnc(-c2cc(N3CC(CN4CCOCC4)C3)c3nonc3c2)s1. The van der Waals surface area contributed by atoms with Crippen molar-refractivity contribution in [1.29, 1.82) is 0 Å². The summed E-state index contributed by atoms with van der Waals surface area (Å²) in [5.41, 5.74) is 3.56. The van der Waals surface area contributed by atoms with E-state index in [-0.39, 0.29) is 6.61 Å². The van der Waals surface area contributed by atoms with Crippen LogP contribution in [0.25, 0.3) is 21.6 Å². The molecule has 8 nitrogen and oxygen atoms in total. The van der Waals surface area contributed by atoms with E-state index in [1.165, 1.54) is 11.3 Å². The number of rotatable bonds is 5. The van der Waals surface area contributed by atoms with Crippen LogP contribution >= 0.6 is 11.3 Å². The number of aliphatic hydroxyl groups is 1. The van der Waals surface area contributed by atoms with Crippen LogP contribution in [0.3, 0.4) is 0 Å². The van der Waals surface area contributed by atoms with Gasteiger partial charge in [-0.3, -0.25) is 4.90 Å². The summed E-state index contributed by atoms with van der Waals surface area (Å²) in [7, 11) is 0. The smallest absolute Gasteiger partial charge is 0.158 e. The summed E-state index contributed by atoms with van der Waals surface area (Å²) in [6, 6.07) is 4.05. The molecule has 142 valence electrons. The molecule has 4 heterocycles. The Balaban J connectivity index is 1.36. The predicted molar refractivity (Wildman–Crippen MR) is 102 cm³/mol. The number of benzene rings is 1. The summed E-state index contributed by atoms with van der Waals surface area (Å²) in [6.07, 6.45) is 1.72. The molecule has 0 aliphatic carbocycles. The Morgan fingerprint density at radius 3 is 2.81 bits per heavy atom. The monoisotopic (exact) mass is 387 g/mol. The number of aromatic nitrogens is 3. The minimum absolute atomic E-state index is 0.00757. The summed E-state index contributed by atoms with van der Waals surface area (Å²) in [6.45, 7) is 6.87. The fraction of sp³-hybridized carbons (Fsp3) is 0.500. The average Bonchev–Trinajstić information content (AvgIpc) is 3.33. The van der Waals surface area contributed by atoms with Gasteiger partial charge in [0.15, 0.2) is 5.52 Å². The third-order valence-electron chi connectivity index (χ3n) is 5.22. The number of aliphatic hydroxyl groups excluding tert-OH is 1. The molecule has 2 aromatic heterocycles. The first-order valence-corrected chi connectivity index (χ1v) is 9.99. The zero-order chi connectivity index (χ0) is 18.2. The number of ether oxygens (including phenoxy) is 1. The van der Waals surface area contributed by atoms with E-state index < -0.39 is 0 Å². The molecular formula is C18H21N5O3S. The third kappa shape index (κ3) is 3.31. The van der Waals surface area contributed by atoms with Gasteiger partial charge in [0.05, 0.1) is 30.4 Å². The molecule has 0 amide bonds. The highest BCUT2D eigenvalue weighted by Gasteiger charge is 2.31. The van der Waals surface area contributed by atoms with Crippen molar-refractivity contribution < 1.29 is 14.5 Å². The van der Waals surface area contributed by atoms with Crippen LogP contribution in [-0.4, -0.2) is 71.2 Å². The fourth-order valence-corrected chi connectivity index (χ4v) is 4.54. The number of hydrogen-bond acceptors (Lipinski definition) is 9. The molecule has 2 aliphatic rings. The minimum atomic E-state index is 0.00757. The topological polar surface area (TPSA) is 87.8 Å². The summed E-state index contributed by atoms with van der Waals surface area (Å²) >= 11 is 1.49. The van der Waals surface area contributed by atoms with E-state index in [0.717, 1.165) is 78.1 Å². The molecule has 27 heavy (non-hydrogen) atoms. The maximum absolute atomic E-state index is 9.30. The van der Waals surface area contributed by atoms with E-state index in [0.29, 0.717) is 5.92 Å². The number of fused-ring (bicyclic) bond motifs is 1. The average molecular weight is 387 g/mol. The first kappa shape index (κ1) is 17.1. The summed E-state index contributed by atoms with van der Waals surface area (Å²) in [5.74, 6) is 0.655. The largest absolute Gasteiger partial charge is 0.391 e. The maximum atomic E-state index is 9.30. The Bertz CT molecular complexity index is 930. The highest BCUT2D eigenvalue weighted by molar-refractivity contribution is 7.15. The standard InChI is InChI=1S/C18H21N5O3S/c24-11-14-7-19-18(27-14)13-5-15-17(21-26-20-15)16(6-13)23-9-12(10-23)8-22-1-3-25-4-2-22/h5-7,12,24H,1-4,8-11H2. The Hall–Kier alpha value is -2.07. The Kier molecular flexibility index (Phi) is 4.52. The lowest BCUT2D eigenvalue weighted by Crippen LogP contribution is -2.53. The van der Waals surface area contributed by atoms with Gasteiger partial charge in [-0.2, -0.15) is 0 Å². The predicted octanol–water partition coefficient (Wildman–Crippen LogP) is 1.61. The second-order valence-corrected chi connectivity index (χ2v) is 8.22. The second-order valence-electron chi connectivity index (χ2n) is 7.10. The van der Waals surface area contributed by atoms with Crippen LogP contribution in [-0.2, 0) is 11.3 Å². The van der Waals surface area contributed by atoms with Crippen molar-refractivity contribution in [3.63, 3.8) is 0 Å². The molecule has 2 fully saturated rings. The van der Waals surface area contributed by atoms with Crippen molar-refractivity contribution in [3.05, 3.63) is 23.2 Å². The van der Waals surface area contributed by atoms with Gasteiger partial charge in [-0.25, -0.2) is 9.61 Å². The molecule has 0 spiro atoms. The normalized spacial score (nSPS) is 18.9. The van der Waals surface area contributed by atoms with Gasteiger partial charge in [0.1, 0.15) is 10.5 Å². The lowest BCUT2D eigenvalue weighted by molar-refractivity contribution is 0.0286. The molecule has 9 heteroatoms. The first-order valence-electron chi connectivity index (χ1n) is 9.17. The zero-order valence-corrected chi connectivity index (χ0v) is 15.7. The molecular weight excluding hydrogens is 366 g/mol. The number of thiazole rings is 1. The van der Waals surface area contributed by atoms with Crippen LogP contribution < -0.4 is 4.90 Å². The van der Waals surface area contributed by atoms with E-state index in [9.17, 15) is 5.11 Å². The Labute approximate surface area is 160 Å². The van der Waals surface area contributed by atoms with Gasteiger partial charge < -0.3 is 14.7 Å². The Morgan fingerprint density at radius 2 is 2.04 bits per heavy atom. The summed E-state index contributed by atoms with van der Waals surface area (Å²) in [4.78, 5) is 10.1. The molecule has 0 atom stereocenters. The van der Waals surface area contributed by atoms with Crippen molar-refractivity contribution in [3.8, 4) is 10.6 Å². The molecule has 0 radical (unpaired) electrons. The van der Waals surface area contributed by atoms with Gasteiger partial charge in [0.2, 0.25) is 0 Å². The summed E-state index contributed by atoms with van der Waals surface area (Å²) < 4.78 is 10.4. The molecule has 5 rings (SSSR count). The highest BCUT2D eigenvalue weighted by atomic mass is 32.1. The molecule has 1 aromatic carbocycles. The molecule has 0 unspecified atom stereocenters. The third-order valence-corrected chi connectivity index (χ3v) is 6.25. The van der Waals surface area contributed by atoms with Gasteiger partial charge in [0.25, 0.3) is 0 Å². The quantitative estimate of drug-likeness (QED) is 0.706. The molecule has 2 saturated heterocycles. The van der Waals surface area contributed by atoms with E-state index in [2.05, 4.69) is 31.2 Å². The first-order chi connectivity index (χ1) is 13.3. The van der Waals surface area contributed by atoms with Gasteiger partial charge in [-0.05, 0) is 22.4 Å². The van der Waals surface area contributed by atoms with Crippen molar-refractivity contribution in [2.24, 2.45) is 5.92 Å². The van der Waals surface area contributed by atoms with E-state index in [1.807, 2.05) is 6.07 Å². The zero-order valence-electron chi connectivity index (χ0n) is 14.9. The van der Waals surface area contributed by atoms with Crippen LogP contribution in [0.1, 0.15) is 4.88 Å². The number of nitrogens with zero attached hydrogens (tertiary/aromatic N) is 5. The number of hydrogen-bond donors (Lipinski definition) is 1. The molecule has 3 aromatic rings. The maximum Gasteiger partial charge on any atom is 0.158 e. The van der Waals surface area contributed by atoms with Gasteiger partial charge in [-0.1, -0.05) is 0 Å². The van der Waals surface area contributed by atoms with Crippen LogP contribution in [0, 0.1) is 5.92 Å². The van der Waals surface area contributed by atoms with Crippen molar-refractivity contribution >= 4 is 28.1 Å². The Morgan fingerprint density at radius 1 is 1.19 bits per heavy atom. The number of morpholine rings is 1. The van der Waals surface area contributed by atoms with Gasteiger partial charge in [-0.15, -0.1) is 11.3 Å². The van der Waals surface area contributed by atoms with Crippen molar-refractivity contribution in [1.82, 2.24) is 20.2 Å². The molecule has 1 N–H and O–H groups in total. The lowest BCUT2D eigenvalue weighted by Gasteiger charge is -2.43. The van der Waals surface area contributed by atoms with Crippen molar-refractivity contribution in [2.45, 2.75) is 6.61 Å². The highest BCUT2D eigenvalue weighted by Crippen LogP contribution is 2.36. The van der Waals surface area contributed by atoms with E-state index in [4.69, 9.17) is 9.37 Å². The van der Waals surface area contributed by atoms with Gasteiger partial charge >= 0.3 is 0 Å². The lowest BCUT2D eigenvalue weighted by atomic mass is 9.97. The second kappa shape index (κ2) is 7.16. The van der Waals surface area contributed by atoms with Gasteiger partial charge in [0, 0.05) is 50.4 Å². The minimum Gasteiger partial charge on any atom is -0.391 e. The van der Waals surface area contributed by atoms with Crippen LogP contribution in [0.5, 0.6) is 0 Å². The molecule has 0 saturated carbocycles. The van der Waals surface area contributed by atoms with E-state index >= 15 is 0 Å². The van der Waals surface area contributed by atoms with E-state index in [1.54, 1.807) is 6.20 Å². The molecule has 0 bridgehead atoms. The fourth-order valence-electron chi connectivity index (χ4n) is 3.78. The van der Waals surface area contributed by atoms with Crippen LogP contribution in [0.2, 0.25) is 0 Å². The number of anilines is 1. The summed E-state index contributed by atoms with van der Waals surface area (Å²) in [5, 5.41) is 18.3. The van der Waals surface area contributed by atoms with Crippen LogP contribution in [0.4, 0.5) is 5.69 Å². The molecule has 2 aliphatic heterocycles. The van der Waals surface area contributed by atoms with Crippen LogP contribution in [0.15, 0.2) is 23.0 Å². The van der Waals surface area contributed by atoms with Crippen molar-refractivity contribution in [2.75, 3.05) is 50.8 Å².